The lowest BCUT2D eigenvalue weighted by Crippen LogP contribution is -2.47. The van der Waals surface area contributed by atoms with Crippen LogP contribution in [-0.2, 0) is 6.54 Å². The number of carbonyl (C=O) groups is 1. The number of nitrogens with one attached hydrogen (secondary N) is 1. The minimum Gasteiger partial charge on any atom is -0.497 e. The summed E-state index contributed by atoms with van der Waals surface area (Å²) in [5.41, 5.74) is 12.1. The van der Waals surface area contributed by atoms with Gasteiger partial charge in [0.15, 0.2) is 0 Å². The maximum absolute atomic E-state index is 13.8. The Morgan fingerprint density at radius 3 is 2.56 bits per heavy atom. The standard InChI is InChI=1S/C29H34N4O3/c1-31-26-12-8-22(18-25(26)30)21-9-13-28-23(17-21)19-32(15-16-36-28)29(34)33-14-4-3-5-27(33)20-6-10-24(35-2)11-7-20/h6-13,17-18,27,31H,3-5,14-16,19,30H2,1-2H3. The SMILES string of the molecule is CNc1ccc(-c2ccc3c(c2)CN(C(=O)N2CCCCC2c2ccc(OC)cc2)CCO3)cc1N. The van der Waals surface area contributed by atoms with Gasteiger partial charge in [-0.3, -0.25) is 0 Å². The van der Waals surface area contributed by atoms with Crippen LogP contribution in [0.4, 0.5) is 16.2 Å². The average molecular weight is 487 g/mol. The minimum atomic E-state index is 0.0694. The zero-order valence-electron chi connectivity index (χ0n) is 21.0. The average Bonchev–Trinajstić information content (AvgIpc) is 3.14. The van der Waals surface area contributed by atoms with Crippen molar-refractivity contribution in [3.05, 3.63) is 71.8 Å². The fraction of sp³-hybridized carbons (Fsp3) is 0.345. The molecule has 3 aromatic rings. The number of urea groups is 1. The number of nitrogens with two attached hydrogens (primary N) is 1. The fourth-order valence-electron chi connectivity index (χ4n) is 5.22. The molecule has 0 spiro atoms. The Morgan fingerprint density at radius 2 is 1.81 bits per heavy atom. The Hall–Kier alpha value is -3.87. The summed E-state index contributed by atoms with van der Waals surface area (Å²) in [5, 5.41) is 3.10. The highest BCUT2D eigenvalue weighted by Gasteiger charge is 2.32. The smallest absolute Gasteiger partial charge is 0.320 e. The first-order chi connectivity index (χ1) is 17.6. The van der Waals surface area contributed by atoms with Gasteiger partial charge < -0.3 is 30.3 Å². The van der Waals surface area contributed by atoms with Crippen molar-refractivity contribution >= 4 is 17.4 Å². The number of likely N-dealkylation sites (tertiary alicyclic amines) is 1. The fourth-order valence-corrected chi connectivity index (χ4v) is 5.22. The summed E-state index contributed by atoms with van der Waals surface area (Å²) in [5.74, 6) is 1.66. The number of amides is 2. The van der Waals surface area contributed by atoms with Crippen LogP contribution in [0, 0.1) is 0 Å². The number of ether oxygens (including phenoxy) is 2. The summed E-state index contributed by atoms with van der Waals surface area (Å²) in [4.78, 5) is 17.8. The first-order valence-corrected chi connectivity index (χ1v) is 12.6. The number of anilines is 2. The number of hydrogen-bond donors (Lipinski definition) is 2. The van der Waals surface area contributed by atoms with Crippen molar-refractivity contribution in [1.29, 1.82) is 0 Å². The van der Waals surface area contributed by atoms with Gasteiger partial charge in [0.1, 0.15) is 18.1 Å². The van der Waals surface area contributed by atoms with Gasteiger partial charge in [-0.2, -0.15) is 0 Å². The van der Waals surface area contributed by atoms with Gasteiger partial charge in [-0.05, 0) is 72.4 Å². The third-order valence-corrected chi connectivity index (χ3v) is 7.21. The number of hydrogen-bond acceptors (Lipinski definition) is 5. The van der Waals surface area contributed by atoms with E-state index in [1.54, 1.807) is 7.11 Å². The van der Waals surface area contributed by atoms with Crippen LogP contribution in [-0.4, -0.2) is 49.7 Å². The van der Waals surface area contributed by atoms with Crippen LogP contribution in [0.2, 0.25) is 0 Å². The van der Waals surface area contributed by atoms with Crippen molar-refractivity contribution < 1.29 is 14.3 Å². The van der Waals surface area contributed by atoms with Crippen molar-refractivity contribution in [2.75, 3.05) is 44.9 Å². The molecule has 1 fully saturated rings. The molecule has 3 N–H and O–H groups in total. The van der Waals surface area contributed by atoms with Crippen molar-refractivity contribution in [1.82, 2.24) is 9.80 Å². The first kappa shape index (κ1) is 23.9. The second kappa shape index (κ2) is 10.4. The van der Waals surface area contributed by atoms with E-state index in [1.807, 2.05) is 47.2 Å². The second-order valence-electron chi connectivity index (χ2n) is 9.41. The molecule has 1 saturated heterocycles. The van der Waals surface area contributed by atoms with Crippen molar-refractivity contribution in [2.24, 2.45) is 0 Å². The molecular formula is C29H34N4O3. The second-order valence-corrected chi connectivity index (χ2v) is 9.41. The zero-order chi connectivity index (χ0) is 25.1. The number of methoxy groups -OCH3 is 1. The van der Waals surface area contributed by atoms with Crippen LogP contribution in [0.5, 0.6) is 11.5 Å². The third-order valence-electron chi connectivity index (χ3n) is 7.21. The Bertz CT molecular complexity index is 1230. The maximum Gasteiger partial charge on any atom is 0.320 e. The summed E-state index contributed by atoms with van der Waals surface area (Å²) in [7, 11) is 3.53. The Morgan fingerprint density at radius 1 is 1.03 bits per heavy atom. The summed E-state index contributed by atoms with van der Waals surface area (Å²) in [6.07, 6.45) is 3.10. The molecule has 0 aliphatic carbocycles. The number of rotatable bonds is 4. The molecule has 7 heteroatoms. The summed E-state index contributed by atoms with van der Waals surface area (Å²) >= 11 is 0. The van der Waals surface area contributed by atoms with Gasteiger partial charge in [-0.15, -0.1) is 0 Å². The molecule has 3 aromatic carbocycles. The molecule has 1 unspecified atom stereocenters. The highest BCUT2D eigenvalue weighted by molar-refractivity contribution is 5.77. The number of carbonyl (C=O) groups excluding carboxylic acids is 1. The molecule has 2 amide bonds. The molecule has 2 aliphatic rings. The van der Waals surface area contributed by atoms with Crippen LogP contribution in [0.1, 0.15) is 36.4 Å². The predicted octanol–water partition coefficient (Wildman–Crippen LogP) is 5.53. The Kier molecular flexibility index (Phi) is 6.89. The van der Waals surface area contributed by atoms with Crippen LogP contribution in [0.25, 0.3) is 11.1 Å². The van der Waals surface area contributed by atoms with Gasteiger partial charge in [0.05, 0.1) is 37.6 Å². The lowest BCUT2D eigenvalue weighted by Gasteiger charge is -2.39. The Balaban J connectivity index is 1.38. The highest BCUT2D eigenvalue weighted by atomic mass is 16.5. The van der Waals surface area contributed by atoms with E-state index >= 15 is 0 Å². The van der Waals surface area contributed by atoms with E-state index in [0.29, 0.717) is 25.4 Å². The molecule has 1 atom stereocenters. The van der Waals surface area contributed by atoms with Gasteiger partial charge in [-0.25, -0.2) is 4.79 Å². The van der Waals surface area contributed by atoms with Crippen molar-refractivity contribution in [3.8, 4) is 22.6 Å². The molecule has 0 aromatic heterocycles. The third kappa shape index (κ3) is 4.78. The number of piperidine rings is 1. The normalized spacial score (nSPS) is 17.6. The zero-order valence-corrected chi connectivity index (χ0v) is 21.0. The molecule has 2 heterocycles. The summed E-state index contributed by atoms with van der Waals surface area (Å²) in [6.45, 7) is 2.30. The molecule has 0 radical (unpaired) electrons. The lowest BCUT2D eigenvalue weighted by atomic mass is 9.95. The predicted molar refractivity (Wildman–Crippen MR) is 143 cm³/mol. The molecule has 36 heavy (non-hydrogen) atoms. The topological polar surface area (TPSA) is 80.1 Å². The maximum atomic E-state index is 13.8. The molecule has 5 rings (SSSR count). The van der Waals surface area contributed by atoms with E-state index in [0.717, 1.165) is 65.2 Å². The first-order valence-electron chi connectivity index (χ1n) is 12.6. The molecule has 7 nitrogen and oxygen atoms in total. The number of fused-ring (bicyclic) bond motifs is 1. The molecule has 188 valence electrons. The van der Waals surface area contributed by atoms with Crippen LogP contribution in [0.3, 0.4) is 0 Å². The van der Waals surface area contributed by atoms with E-state index in [-0.39, 0.29) is 12.1 Å². The molecule has 0 bridgehead atoms. The van der Waals surface area contributed by atoms with Gasteiger partial charge in [0.25, 0.3) is 0 Å². The number of benzene rings is 3. The van der Waals surface area contributed by atoms with E-state index in [9.17, 15) is 4.79 Å². The monoisotopic (exact) mass is 486 g/mol. The van der Waals surface area contributed by atoms with E-state index in [4.69, 9.17) is 15.2 Å². The summed E-state index contributed by atoms with van der Waals surface area (Å²) in [6, 6.07) is 20.4. The minimum absolute atomic E-state index is 0.0694. The summed E-state index contributed by atoms with van der Waals surface area (Å²) < 4.78 is 11.4. The van der Waals surface area contributed by atoms with Crippen LogP contribution >= 0.6 is 0 Å². The quantitative estimate of drug-likeness (QED) is 0.474. The molecular weight excluding hydrogens is 452 g/mol. The van der Waals surface area contributed by atoms with E-state index in [2.05, 4.69) is 35.6 Å². The van der Waals surface area contributed by atoms with Gasteiger partial charge >= 0.3 is 6.03 Å². The molecule has 2 aliphatic heterocycles. The largest absolute Gasteiger partial charge is 0.497 e. The van der Waals surface area contributed by atoms with Gasteiger partial charge in [0, 0.05) is 19.2 Å². The van der Waals surface area contributed by atoms with Crippen molar-refractivity contribution in [2.45, 2.75) is 31.8 Å². The number of nitrogen functional groups attached to an aromatic ring is 1. The van der Waals surface area contributed by atoms with Crippen LogP contribution in [0.15, 0.2) is 60.7 Å². The van der Waals surface area contributed by atoms with E-state index in [1.165, 1.54) is 0 Å². The van der Waals surface area contributed by atoms with Gasteiger partial charge in [-0.1, -0.05) is 24.3 Å². The highest BCUT2D eigenvalue weighted by Crippen LogP contribution is 2.35. The lowest BCUT2D eigenvalue weighted by molar-refractivity contribution is 0.110. The van der Waals surface area contributed by atoms with Crippen molar-refractivity contribution in [3.63, 3.8) is 0 Å². The Labute approximate surface area is 212 Å². The molecule has 0 saturated carbocycles. The number of nitrogens with zero attached hydrogens (tertiary/aromatic N) is 2. The van der Waals surface area contributed by atoms with E-state index < -0.39 is 0 Å². The van der Waals surface area contributed by atoms with Gasteiger partial charge in [0.2, 0.25) is 0 Å². The van der Waals surface area contributed by atoms with Crippen LogP contribution < -0.4 is 20.5 Å².